The number of hydrogen-bond acceptors (Lipinski definition) is 2. The molecule has 0 aliphatic rings. The lowest BCUT2D eigenvalue weighted by Crippen LogP contribution is -2.27. The molecule has 21 heavy (non-hydrogen) atoms. The molecule has 0 fully saturated rings. The predicted molar refractivity (Wildman–Crippen MR) is 94.7 cm³/mol. The van der Waals surface area contributed by atoms with Crippen LogP contribution in [0.3, 0.4) is 0 Å². The fraction of sp³-hybridized carbons (Fsp3) is 0.588. The van der Waals surface area contributed by atoms with Crippen molar-refractivity contribution in [1.82, 2.24) is 5.32 Å². The summed E-state index contributed by atoms with van der Waals surface area (Å²) in [6, 6.07) is 0. The van der Waals surface area contributed by atoms with Crippen LogP contribution in [0.4, 0.5) is 0 Å². The molecule has 0 unspecified atom stereocenters. The Bertz CT molecular complexity index is 380. The van der Waals surface area contributed by atoms with Crippen LogP contribution in [0.2, 0.25) is 0 Å². The van der Waals surface area contributed by atoms with E-state index >= 15 is 0 Å². The summed E-state index contributed by atoms with van der Waals surface area (Å²) in [5, 5.41) is 2.74. The lowest BCUT2D eigenvalue weighted by atomic mass is 10.1. The zero-order valence-corrected chi connectivity index (χ0v) is 14.7. The maximum absolute atomic E-state index is 11.4. The normalized spacial score (nSPS) is 11.7. The van der Waals surface area contributed by atoms with Crippen LogP contribution in [0.15, 0.2) is 34.9 Å². The van der Waals surface area contributed by atoms with Gasteiger partial charge in [0.05, 0.1) is 0 Å². The summed E-state index contributed by atoms with van der Waals surface area (Å²) < 4.78 is 0. The Balaban J connectivity index is 0. The molecule has 0 radical (unpaired) electrons. The molecule has 0 aliphatic carbocycles. The standard InChI is InChI=1S/C17H30N2O.ClH/c1-14(2)7-5-8-15(3)9-6-10-16(4)13-17(20)19-12-11-18;/h7,9,13H,5-6,8,10-12,18H2,1-4H3,(H,19,20);1H. The molecule has 3 nitrogen and oxygen atoms in total. The third kappa shape index (κ3) is 15.2. The van der Waals surface area contributed by atoms with E-state index in [1.807, 2.05) is 6.92 Å². The van der Waals surface area contributed by atoms with Gasteiger partial charge in [-0.2, -0.15) is 0 Å². The second-order valence-electron chi connectivity index (χ2n) is 5.48. The van der Waals surface area contributed by atoms with Gasteiger partial charge in [-0.15, -0.1) is 12.4 Å². The summed E-state index contributed by atoms with van der Waals surface area (Å²) in [7, 11) is 0. The van der Waals surface area contributed by atoms with Gasteiger partial charge in [-0.25, -0.2) is 0 Å². The van der Waals surface area contributed by atoms with Crippen molar-refractivity contribution < 1.29 is 4.79 Å². The van der Waals surface area contributed by atoms with Gasteiger partial charge in [0.15, 0.2) is 0 Å². The molecular formula is C17H31ClN2O. The third-order valence-electron chi connectivity index (χ3n) is 2.94. The highest BCUT2D eigenvalue weighted by atomic mass is 35.5. The van der Waals surface area contributed by atoms with E-state index in [0.29, 0.717) is 13.1 Å². The number of halogens is 1. The summed E-state index contributed by atoms with van der Waals surface area (Å²) >= 11 is 0. The zero-order valence-electron chi connectivity index (χ0n) is 13.9. The molecule has 0 heterocycles. The van der Waals surface area contributed by atoms with Crippen molar-refractivity contribution in [3.8, 4) is 0 Å². The molecule has 122 valence electrons. The van der Waals surface area contributed by atoms with Gasteiger partial charge in [-0.05, 0) is 53.4 Å². The minimum absolute atomic E-state index is 0. The molecule has 0 saturated heterocycles. The lowest BCUT2D eigenvalue weighted by molar-refractivity contribution is -0.116. The lowest BCUT2D eigenvalue weighted by Gasteiger charge is -2.02. The van der Waals surface area contributed by atoms with Crippen molar-refractivity contribution in [2.45, 2.75) is 53.4 Å². The number of nitrogens with two attached hydrogens (primary N) is 1. The molecule has 3 N–H and O–H groups in total. The fourth-order valence-corrected chi connectivity index (χ4v) is 1.78. The van der Waals surface area contributed by atoms with Gasteiger partial charge >= 0.3 is 0 Å². The first-order valence-corrected chi connectivity index (χ1v) is 7.39. The van der Waals surface area contributed by atoms with Crippen LogP contribution >= 0.6 is 12.4 Å². The number of rotatable bonds is 9. The smallest absolute Gasteiger partial charge is 0.243 e. The van der Waals surface area contributed by atoms with E-state index in [1.165, 1.54) is 11.1 Å². The zero-order chi connectivity index (χ0) is 15.4. The van der Waals surface area contributed by atoms with Crippen molar-refractivity contribution in [2.75, 3.05) is 13.1 Å². The van der Waals surface area contributed by atoms with E-state index in [9.17, 15) is 4.79 Å². The highest BCUT2D eigenvalue weighted by Crippen LogP contribution is 2.11. The second kappa shape index (κ2) is 13.9. The van der Waals surface area contributed by atoms with Crippen molar-refractivity contribution in [3.63, 3.8) is 0 Å². The molecule has 0 aromatic rings. The van der Waals surface area contributed by atoms with Crippen LogP contribution in [0, 0.1) is 0 Å². The summed E-state index contributed by atoms with van der Waals surface area (Å²) in [5.74, 6) is -0.0443. The molecule has 1 amide bonds. The Labute approximate surface area is 136 Å². The topological polar surface area (TPSA) is 55.1 Å². The summed E-state index contributed by atoms with van der Waals surface area (Å²) in [5.41, 5.74) is 9.23. The molecular weight excluding hydrogens is 284 g/mol. The molecule has 0 aromatic heterocycles. The summed E-state index contributed by atoms with van der Waals surface area (Å²) in [6.07, 6.45) is 10.4. The largest absolute Gasteiger partial charge is 0.351 e. The average Bonchev–Trinajstić information content (AvgIpc) is 2.35. The van der Waals surface area contributed by atoms with Gasteiger partial charge in [0, 0.05) is 19.2 Å². The van der Waals surface area contributed by atoms with Gasteiger partial charge in [0.2, 0.25) is 5.91 Å². The first-order valence-electron chi connectivity index (χ1n) is 7.39. The van der Waals surface area contributed by atoms with Crippen molar-refractivity contribution >= 4 is 18.3 Å². The average molecular weight is 315 g/mol. The predicted octanol–water partition coefficient (Wildman–Crippen LogP) is 3.90. The maximum Gasteiger partial charge on any atom is 0.243 e. The van der Waals surface area contributed by atoms with Gasteiger partial charge in [-0.1, -0.05) is 28.9 Å². The van der Waals surface area contributed by atoms with Crippen molar-refractivity contribution in [3.05, 3.63) is 34.9 Å². The Morgan fingerprint density at radius 1 is 1.00 bits per heavy atom. The number of carbonyl (C=O) groups is 1. The van der Waals surface area contributed by atoms with E-state index in [2.05, 4.69) is 38.2 Å². The van der Waals surface area contributed by atoms with Crippen LogP contribution in [0.5, 0.6) is 0 Å². The molecule has 0 bridgehead atoms. The molecule has 0 saturated carbocycles. The van der Waals surface area contributed by atoms with E-state index in [1.54, 1.807) is 6.08 Å². The minimum Gasteiger partial charge on any atom is -0.351 e. The van der Waals surface area contributed by atoms with Gasteiger partial charge in [0.1, 0.15) is 0 Å². The Morgan fingerprint density at radius 3 is 2.14 bits per heavy atom. The van der Waals surface area contributed by atoms with Crippen LogP contribution in [-0.2, 0) is 4.79 Å². The molecule has 4 heteroatoms. The quantitative estimate of drug-likeness (QED) is 0.501. The number of nitrogens with one attached hydrogen (secondary N) is 1. The molecule has 0 spiro atoms. The molecule has 0 aliphatic heterocycles. The maximum atomic E-state index is 11.4. The third-order valence-corrected chi connectivity index (χ3v) is 2.94. The molecule has 0 rings (SSSR count). The van der Waals surface area contributed by atoms with Crippen LogP contribution < -0.4 is 11.1 Å². The van der Waals surface area contributed by atoms with Gasteiger partial charge in [0.25, 0.3) is 0 Å². The number of amides is 1. The number of carbonyl (C=O) groups excluding carboxylic acids is 1. The van der Waals surface area contributed by atoms with Crippen LogP contribution in [0.25, 0.3) is 0 Å². The van der Waals surface area contributed by atoms with Crippen molar-refractivity contribution in [2.24, 2.45) is 5.73 Å². The SMILES string of the molecule is CC(C)=CCCC(C)=CCCC(C)=CC(=O)NCCN.Cl. The van der Waals surface area contributed by atoms with Crippen molar-refractivity contribution in [1.29, 1.82) is 0 Å². The number of hydrogen-bond donors (Lipinski definition) is 2. The Morgan fingerprint density at radius 2 is 1.57 bits per heavy atom. The Kier molecular flexibility index (Phi) is 14.7. The van der Waals surface area contributed by atoms with E-state index in [-0.39, 0.29) is 18.3 Å². The van der Waals surface area contributed by atoms with E-state index < -0.39 is 0 Å². The molecule has 0 aromatic carbocycles. The van der Waals surface area contributed by atoms with Gasteiger partial charge in [-0.3, -0.25) is 4.79 Å². The minimum atomic E-state index is -0.0443. The molecule has 0 atom stereocenters. The highest BCUT2D eigenvalue weighted by molar-refractivity contribution is 5.88. The Hall–Kier alpha value is -1.06. The van der Waals surface area contributed by atoms with E-state index in [0.717, 1.165) is 31.3 Å². The first-order chi connectivity index (χ1) is 9.45. The van der Waals surface area contributed by atoms with Gasteiger partial charge < -0.3 is 11.1 Å². The van der Waals surface area contributed by atoms with E-state index in [4.69, 9.17) is 5.73 Å². The fourth-order valence-electron chi connectivity index (χ4n) is 1.78. The first kappa shape index (κ1) is 22.2. The van der Waals surface area contributed by atoms with Crippen LogP contribution in [-0.4, -0.2) is 19.0 Å². The summed E-state index contributed by atoms with van der Waals surface area (Å²) in [6.45, 7) is 9.43. The number of allylic oxidation sites excluding steroid dienone is 5. The highest BCUT2D eigenvalue weighted by Gasteiger charge is 1.97. The second-order valence-corrected chi connectivity index (χ2v) is 5.48. The monoisotopic (exact) mass is 314 g/mol. The summed E-state index contributed by atoms with van der Waals surface area (Å²) in [4.78, 5) is 11.4. The van der Waals surface area contributed by atoms with Crippen LogP contribution in [0.1, 0.15) is 53.4 Å².